The molecular weight excluding hydrogens is 915 g/mol. The normalized spacial score (nSPS) is 20.7. The van der Waals surface area contributed by atoms with Gasteiger partial charge in [-0.25, -0.2) is 28.6 Å². The van der Waals surface area contributed by atoms with E-state index < -0.39 is 84.6 Å². The molecule has 63 heavy (non-hydrogen) atoms. The highest BCUT2D eigenvalue weighted by Crippen LogP contribution is 2.61. The van der Waals surface area contributed by atoms with Gasteiger partial charge in [-0.1, -0.05) is 76.8 Å². The van der Waals surface area contributed by atoms with E-state index in [4.69, 9.17) is 19.5 Å². The van der Waals surface area contributed by atoms with E-state index in [2.05, 4.69) is 53.5 Å². The number of unbranched alkanes of at least 4 members (excludes halogenated alkanes) is 7. The van der Waals surface area contributed by atoms with Gasteiger partial charge in [0.15, 0.2) is 22.8 Å². The predicted molar refractivity (Wildman–Crippen MR) is 228 cm³/mol. The zero-order valence-electron chi connectivity index (χ0n) is 35.3. The number of carbonyl (C=O) groups is 3. The van der Waals surface area contributed by atoms with Crippen LogP contribution in [0.1, 0.15) is 97.6 Å². The highest BCUT2D eigenvalue weighted by Gasteiger charge is 2.50. The van der Waals surface area contributed by atoms with E-state index in [1.54, 1.807) is 0 Å². The molecule has 2 unspecified atom stereocenters. The van der Waals surface area contributed by atoms with Crippen molar-refractivity contribution in [2.45, 2.75) is 122 Å². The van der Waals surface area contributed by atoms with Crippen LogP contribution >= 0.6 is 35.2 Å². The Bertz CT molecular complexity index is 1970. The van der Waals surface area contributed by atoms with Gasteiger partial charge in [-0.3, -0.25) is 32.5 Å². The number of imidazole rings is 1. The minimum atomic E-state index is -5.57. The van der Waals surface area contributed by atoms with Crippen LogP contribution < -0.4 is 16.4 Å². The van der Waals surface area contributed by atoms with Crippen LogP contribution in [0.5, 0.6) is 0 Å². The number of nitrogen functional groups attached to an aromatic ring is 1. The number of thioether (sulfide) groups is 1. The monoisotopic (exact) mass is 975 g/mol. The number of nitrogens with zero attached hydrogens (tertiary/aromatic N) is 4. The zero-order valence-corrected chi connectivity index (χ0v) is 38.8. The molecule has 0 aliphatic carbocycles. The summed E-state index contributed by atoms with van der Waals surface area (Å²) in [6, 6.07) is 0. The van der Waals surface area contributed by atoms with Crippen molar-refractivity contribution in [3.63, 3.8) is 0 Å². The van der Waals surface area contributed by atoms with Crippen molar-refractivity contribution in [1.82, 2.24) is 30.2 Å². The first kappa shape index (κ1) is 54.6. The van der Waals surface area contributed by atoms with E-state index >= 15 is 0 Å². The molecule has 0 saturated carbocycles. The van der Waals surface area contributed by atoms with Gasteiger partial charge in [0.2, 0.25) is 11.8 Å². The van der Waals surface area contributed by atoms with Crippen LogP contribution in [-0.4, -0.2) is 123 Å². The van der Waals surface area contributed by atoms with E-state index in [9.17, 15) is 57.9 Å². The quantitative estimate of drug-likeness (QED) is 0.0308. The predicted octanol–water partition coefficient (Wildman–Crippen LogP) is 3.14. The SMILES string of the molecule is CCCCCCCC/C=C\CCCC(=O)SCCNC(=O)CCNC(=O)[C@H](O)C(C)(C)COP(=O)(O)OP(=O)(O)OC[C@H]1O[C@@H](n2cnc3c(N)ncnc32)[C@H](O)[C@@H]1OP(=O)(O)O. The highest BCUT2D eigenvalue weighted by molar-refractivity contribution is 8.13. The fraction of sp³-hybridized carbons (Fsp3) is 0.714. The number of nitrogens with two attached hydrogens (primary N) is 1. The molecule has 24 nitrogen and oxygen atoms in total. The first-order chi connectivity index (χ1) is 29.6. The standard InChI is InChI=1S/C35H60N7O17P3S/c1-4-5-6-7-8-9-10-11-12-13-14-15-26(44)63-19-18-37-25(43)16-17-38-33(47)30(46)35(2,3)21-56-62(53,54)59-61(51,52)55-20-24-29(58-60(48,49)50)28(45)34(57-24)42-23-41-27-31(36)39-22-40-32(27)42/h11-12,22-24,28-30,34,45-46H,4-10,13-21H2,1-3H3,(H,37,43)(H,38,47)(H,51,52)(H,53,54)(H2,36,39,40)(H2,48,49,50)/b12-11-/t24-,28-,29-,30+,34-/m1/s1. The minimum Gasteiger partial charge on any atom is -0.386 e. The number of amides is 2. The Morgan fingerprint density at radius 3 is 2.32 bits per heavy atom. The van der Waals surface area contributed by atoms with Crippen molar-refractivity contribution < 1.29 is 80.5 Å². The molecule has 3 rings (SSSR count). The Balaban J connectivity index is 1.36. The number of anilines is 1. The van der Waals surface area contributed by atoms with Crippen LogP contribution in [0.3, 0.4) is 0 Å². The van der Waals surface area contributed by atoms with E-state index in [1.165, 1.54) is 52.4 Å². The number of aliphatic hydroxyl groups excluding tert-OH is 2. The smallest absolute Gasteiger partial charge is 0.386 e. The van der Waals surface area contributed by atoms with Gasteiger partial charge in [0.25, 0.3) is 0 Å². The lowest BCUT2D eigenvalue weighted by Gasteiger charge is -2.30. The first-order valence-corrected chi connectivity index (χ1v) is 25.8. The maximum atomic E-state index is 12.7. The third kappa shape index (κ3) is 19.4. The number of nitrogens with one attached hydrogen (secondary N) is 2. The highest BCUT2D eigenvalue weighted by atomic mass is 32.2. The molecular formula is C35H60N7O17P3S. The van der Waals surface area contributed by atoms with Crippen molar-refractivity contribution in [2.75, 3.05) is 37.8 Å². The summed E-state index contributed by atoms with van der Waals surface area (Å²) in [6.45, 7) is 2.75. The van der Waals surface area contributed by atoms with Gasteiger partial charge in [-0.15, -0.1) is 0 Å². The van der Waals surface area contributed by atoms with Crippen molar-refractivity contribution >= 4 is 69.1 Å². The summed E-state index contributed by atoms with van der Waals surface area (Å²) >= 11 is 1.13. The molecule has 1 aliphatic heterocycles. The lowest BCUT2D eigenvalue weighted by Crippen LogP contribution is -2.46. The number of aromatic nitrogens is 4. The summed E-state index contributed by atoms with van der Waals surface area (Å²) in [5, 5.41) is 26.6. The average Bonchev–Trinajstić information content (AvgIpc) is 3.76. The van der Waals surface area contributed by atoms with Crippen LogP contribution in [0.4, 0.5) is 5.82 Å². The van der Waals surface area contributed by atoms with E-state index in [0.717, 1.165) is 48.2 Å². The van der Waals surface area contributed by atoms with Crippen molar-refractivity contribution in [3.8, 4) is 0 Å². The average molecular weight is 976 g/mol. The van der Waals surface area contributed by atoms with E-state index in [1.807, 2.05) is 0 Å². The maximum absolute atomic E-state index is 12.7. The number of phosphoric acid groups is 3. The molecule has 1 aliphatic rings. The van der Waals surface area contributed by atoms with Gasteiger partial charge in [-0.2, -0.15) is 4.31 Å². The summed E-state index contributed by atoms with van der Waals surface area (Å²) in [7, 11) is -16.4. The van der Waals surface area contributed by atoms with E-state index in [0.29, 0.717) is 12.2 Å². The Labute approximate surface area is 368 Å². The number of carbonyl (C=O) groups excluding carboxylic acids is 3. The lowest BCUT2D eigenvalue weighted by atomic mass is 9.87. The molecule has 1 fully saturated rings. The summed E-state index contributed by atoms with van der Waals surface area (Å²) < 4.78 is 62.3. The van der Waals surface area contributed by atoms with Gasteiger partial charge in [0, 0.05) is 37.1 Å². The van der Waals surface area contributed by atoms with Crippen LogP contribution in [0.25, 0.3) is 11.2 Å². The molecule has 10 N–H and O–H groups in total. The van der Waals surface area contributed by atoms with E-state index in [-0.39, 0.29) is 41.6 Å². The number of rotatable bonds is 30. The Morgan fingerprint density at radius 2 is 1.62 bits per heavy atom. The van der Waals surface area contributed by atoms with Crippen LogP contribution in [0.15, 0.2) is 24.8 Å². The number of fused-ring (bicyclic) bond motifs is 1. The number of aliphatic hydroxyl groups is 2. The van der Waals surface area contributed by atoms with Crippen molar-refractivity contribution in [3.05, 3.63) is 24.8 Å². The Hall–Kier alpha value is -2.70. The van der Waals surface area contributed by atoms with Gasteiger partial charge >= 0.3 is 23.5 Å². The number of phosphoric ester groups is 3. The third-order valence-electron chi connectivity index (χ3n) is 9.41. The molecule has 1 saturated heterocycles. The molecule has 2 aromatic heterocycles. The Kier molecular flexibility index (Phi) is 22.4. The molecule has 0 bridgehead atoms. The summed E-state index contributed by atoms with van der Waals surface area (Å²) in [5.74, 6) is -1.05. The van der Waals surface area contributed by atoms with Crippen molar-refractivity contribution in [2.24, 2.45) is 5.41 Å². The molecule has 0 aromatic carbocycles. The van der Waals surface area contributed by atoms with Gasteiger partial charge < -0.3 is 50.9 Å². The largest absolute Gasteiger partial charge is 0.481 e. The maximum Gasteiger partial charge on any atom is 0.481 e. The molecule has 3 heterocycles. The topological polar surface area (TPSA) is 364 Å². The second-order valence-corrected chi connectivity index (χ2v) is 20.6. The molecule has 2 aromatic rings. The fourth-order valence-corrected chi connectivity index (χ4v) is 9.56. The second kappa shape index (κ2) is 25.9. The molecule has 7 atom stereocenters. The number of allylic oxidation sites excluding steroid dienone is 2. The zero-order chi connectivity index (χ0) is 46.8. The van der Waals surface area contributed by atoms with Gasteiger partial charge in [0.1, 0.15) is 36.3 Å². The number of hydrogen-bond acceptors (Lipinski definition) is 18. The molecule has 28 heteroatoms. The molecule has 0 spiro atoms. The second-order valence-electron chi connectivity index (χ2n) is 15.2. The summed E-state index contributed by atoms with van der Waals surface area (Å²) in [6.07, 6.45) is 7.98. The molecule has 0 radical (unpaired) electrons. The van der Waals surface area contributed by atoms with Crippen molar-refractivity contribution in [1.29, 1.82) is 0 Å². The summed E-state index contributed by atoms with van der Waals surface area (Å²) in [4.78, 5) is 88.1. The fourth-order valence-electron chi connectivity index (χ4n) is 6.01. The number of ether oxygens (including phenoxy) is 1. The van der Waals surface area contributed by atoms with Crippen LogP contribution in [-0.2, 0) is 50.7 Å². The lowest BCUT2D eigenvalue weighted by molar-refractivity contribution is -0.137. The third-order valence-corrected chi connectivity index (χ3v) is 13.4. The first-order valence-electron chi connectivity index (χ1n) is 20.3. The summed E-state index contributed by atoms with van der Waals surface area (Å²) in [5.41, 5.74) is 4.28. The minimum absolute atomic E-state index is 0.0323. The Morgan fingerprint density at radius 1 is 0.952 bits per heavy atom. The van der Waals surface area contributed by atoms with Gasteiger partial charge in [-0.05, 0) is 25.7 Å². The number of hydrogen-bond donors (Lipinski definition) is 9. The molecule has 358 valence electrons. The van der Waals surface area contributed by atoms with Crippen LogP contribution in [0.2, 0.25) is 0 Å². The van der Waals surface area contributed by atoms with Crippen LogP contribution in [0, 0.1) is 5.41 Å². The molecule has 2 amide bonds. The van der Waals surface area contributed by atoms with Gasteiger partial charge in [0.05, 0.1) is 19.5 Å².